The highest BCUT2D eigenvalue weighted by molar-refractivity contribution is 6.33. The topological polar surface area (TPSA) is 53.5 Å². The monoisotopic (exact) mass is 331 g/mol. The number of para-hydroxylation sites is 1. The number of benzene rings is 1. The molecule has 0 aromatic heterocycles. The SMILES string of the molecule is C=C(C)[C@@H]1CC=C(C)/C(=N\NC(=O)CNc2ccccc2Cl)C1. The molecular formula is C18H22ClN3O. The molecule has 0 aliphatic heterocycles. The van der Waals surface area contributed by atoms with Crippen molar-refractivity contribution in [2.24, 2.45) is 11.0 Å². The van der Waals surface area contributed by atoms with Crippen LogP contribution in [-0.2, 0) is 4.79 Å². The van der Waals surface area contributed by atoms with Gasteiger partial charge in [-0.3, -0.25) is 4.79 Å². The fourth-order valence-corrected chi connectivity index (χ4v) is 2.58. The Morgan fingerprint density at radius 2 is 2.17 bits per heavy atom. The van der Waals surface area contributed by atoms with E-state index in [1.165, 1.54) is 0 Å². The first kappa shape index (κ1) is 17.3. The predicted octanol–water partition coefficient (Wildman–Crippen LogP) is 4.16. The first-order chi connectivity index (χ1) is 11.0. The molecule has 122 valence electrons. The normalized spacial score (nSPS) is 19.2. The number of halogens is 1. The summed E-state index contributed by atoms with van der Waals surface area (Å²) in [4.78, 5) is 11.9. The summed E-state index contributed by atoms with van der Waals surface area (Å²) in [5.74, 6) is 0.193. The van der Waals surface area contributed by atoms with Crippen molar-refractivity contribution in [3.05, 3.63) is 53.1 Å². The third kappa shape index (κ3) is 4.96. The van der Waals surface area contributed by atoms with E-state index < -0.39 is 0 Å². The summed E-state index contributed by atoms with van der Waals surface area (Å²) < 4.78 is 0. The Balaban J connectivity index is 1.90. The third-order valence-corrected chi connectivity index (χ3v) is 4.26. The third-order valence-electron chi connectivity index (χ3n) is 3.93. The van der Waals surface area contributed by atoms with E-state index in [1.54, 1.807) is 6.07 Å². The number of hydrogen-bond donors (Lipinski definition) is 2. The van der Waals surface area contributed by atoms with Gasteiger partial charge in [0.15, 0.2) is 0 Å². The maximum Gasteiger partial charge on any atom is 0.259 e. The van der Waals surface area contributed by atoms with Gasteiger partial charge in [-0.15, -0.1) is 0 Å². The van der Waals surface area contributed by atoms with Crippen LogP contribution in [-0.4, -0.2) is 18.2 Å². The van der Waals surface area contributed by atoms with Crippen molar-refractivity contribution in [2.45, 2.75) is 26.7 Å². The van der Waals surface area contributed by atoms with Gasteiger partial charge in [0.25, 0.3) is 5.91 Å². The quantitative estimate of drug-likeness (QED) is 0.629. The molecule has 0 spiro atoms. The molecule has 1 aliphatic rings. The number of carbonyl (C=O) groups is 1. The average molecular weight is 332 g/mol. The van der Waals surface area contributed by atoms with E-state index in [4.69, 9.17) is 11.6 Å². The highest BCUT2D eigenvalue weighted by Gasteiger charge is 2.18. The van der Waals surface area contributed by atoms with Crippen LogP contribution in [0.1, 0.15) is 26.7 Å². The van der Waals surface area contributed by atoms with Gasteiger partial charge in [-0.1, -0.05) is 42.0 Å². The highest BCUT2D eigenvalue weighted by atomic mass is 35.5. The predicted molar refractivity (Wildman–Crippen MR) is 96.8 cm³/mol. The Kier molecular flexibility index (Phi) is 5.99. The Labute approximate surface area is 142 Å². The Morgan fingerprint density at radius 3 is 2.87 bits per heavy atom. The number of amides is 1. The minimum absolute atomic E-state index is 0.118. The zero-order chi connectivity index (χ0) is 16.8. The summed E-state index contributed by atoms with van der Waals surface area (Å²) >= 11 is 6.03. The van der Waals surface area contributed by atoms with Crippen LogP contribution in [0.15, 0.2) is 53.2 Å². The zero-order valence-electron chi connectivity index (χ0n) is 13.5. The summed E-state index contributed by atoms with van der Waals surface area (Å²) in [6, 6.07) is 7.30. The van der Waals surface area contributed by atoms with E-state index in [1.807, 2.05) is 32.0 Å². The van der Waals surface area contributed by atoms with Crippen molar-refractivity contribution in [2.75, 3.05) is 11.9 Å². The van der Waals surface area contributed by atoms with Crippen molar-refractivity contribution in [1.29, 1.82) is 0 Å². The number of anilines is 1. The van der Waals surface area contributed by atoms with Crippen LogP contribution >= 0.6 is 11.6 Å². The second-order valence-electron chi connectivity index (χ2n) is 5.80. The Hall–Kier alpha value is -2.07. The molecule has 5 heteroatoms. The lowest BCUT2D eigenvalue weighted by Gasteiger charge is -2.22. The van der Waals surface area contributed by atoms with Gasteiger partial charge in [0, 0.05) is 0 Å². The summed E-state index contributed by atoms with van der Waals surface area (Å²) in [6.45, 7) is 8.18. The van der Waals surface area contributed by atoms with Crippen molar-refractivity contribution in [3.63, 3.8) is 0 Å². The maximum absolute atomic E-state index is 11.9. The van der Waals surface area contributed by atoms with E-state index in [0.717, 1.165) is 35.4 Å². The van der Waals surface area contributed by atoms with Crippen LogP contribution in [0, 0.1) is 5.92 Å². The van der Waals surface area contributed by atoms with Crippen LogP contribution in [0.4, 0.5) is 5.69 Å². The lowest BCUT2D eigenvalue weighted by atomic mass is 9.85. The van der Waals surface area contributed by atoms with E-state index in [9.17, 15) is 4.79 Å². The fraction of sp³-hybridized carbons (Fsp3) is 0.333. The molecule has 4 nitrogen and oxygen atoms in total. The molecule has 23 heavy (non-hydrogen) atoms. The molecule has 0 heterocycles. The van der Waals surface area contributed by atoms with Gasteiger partial charge in [0.2, 0.25) is 0 Å². The number of allylic oxidation sites excluding steroid dienone is 3. The van der Waals surface area contributed by atoms with Crippen molar-refractivity contribution < 1.29 is 4.79 Å². The second kappa shape index (κ2) is 7.97. The minimum Gasteiger partial charge on any atom is -0.375 e. The number of hydrazone groups is 1. The van der Waals surface area contributed by atoms with E-state index in [2.05, 4.69) is 28.5 Å². The standard InChI is InChI=1S/C18H22ClN3O/c1-12(2)14-9-8-13(3)17(10-14)21-22-18(23)11-20-16-7-5-4-6-15(16)19/h4-8,14,20H,1,9-11H2,2-3H3,(H,22,23)/b21-17-/t14-/m1/s1. The van der Waals surface area contributed by atoms with Gasteiger partial charge in [0.05, 0.1) is 23.0 Å². The summed E-state index contributed by atoms with van der Waals surface area (Å²) in [5, 5.41) is 7.85. The maximum atomic E-state index is 11.9. The van der Waals surface area contributed by atoms with Crippen molar-refractivity contribution in [1.82, 2.24) is 5.43 Å². The molecule has 0 saturated heterocycles. The molecule has 1 aromatic rings. The van der Waals surface area contributed by atoms with Gasteiger partial charge < -0.3 is 5.32 Å². The fourth-order valence-electron chi connectivity index (χ4n) is 2.37. The largest absolute Gasteiger partial charge is 0.375 e. The number of carbonyl (C=O) groups excluding carboxylic acids is 1. The van der Waals surface area contributed by atoms with Gasteiger partial charge in [-0.2, -0.15) is 5.10 Å². The molecule has 0 radical (unpaired) electrons. The van der Waals surface area contributed by atoms with E-state index in [0.29, 0.717) is 10.9 Å². The molecule has 1 aliphatic carbocycles. The van der Waals surface area contributed by atoms with Crippen LogP contribution < -0.4 is 10.7 Å². The molecule has 0 fully saturated rings. The molecule has 1 atom stereocenters. The molecule has 2 N–H and O–H groups in total. The van der Waals surface area contributed by atoms with Crippen LogP contribution in [0.3, 0.4) is 0 Å². The number of nitrogens with one attached hydrogen (secondary N) is 2. The van der Waals surface area contributed by atoms with Crippen LogP contribution in [0.25, 0.3) is 0 Å². The lowest BCUT2D eigenvalue weighted by molar-refractivity contribution is -0.119. The summed E-state index contributed by atoms with van der Waals surface area (Å²) in [6.07, 6.45) is 3.95. The van der Waals surface area contributed by atoms with E-state index >= 15 is 0 Å². The van der Waals surface area contributed by atoms with Crippen molar-refractivity contribution >= 4 is 28.9 Å². The van der Waals surface area contributed by atoms with Gasteiger partial charge >= 0.3 is 0 Å². The minimum atomic E-state index is -0.206. The lowest BCUT2D eigenvalue weighted by Crippen LogP contribution is -2.28. The smallest absolute Gasteiger partial charge is 0.259 e. The molecular weight excluding hydrogens is 310 g/mol. The zero-order valence-corrected chi connectivity index (χ0v) is 14.3. The first-order valence-electron chi connectivity index (χ1n) is 7.63. The van der Waals surface area contributed by atoms with Gasteiger partial charge in [0.1, 0.15) is 0 Å². The number of nitrogens with zero attached hydrogens (tertiary/aromatic N) is 1. The molecule has 2 rings (SSSR count). The Morgan fingerprint density at radius 1 is 1.43 bits per heavy atom. The second-order valence-corrected chi connectivity index (χ2v) is 6.20. The first-order valence-corrected chi connectivity index (χ1v) is 8.01. The van der Waals surface area contributed by atoms with Crippen molar-refractivity contribution in [3.8, 4) is 0 Å². The average Bonchev–Trinajstić information content (AvgIpc) is 2.53. The highest BCUT2D eigenvalue weighted by Crippen LogP contribution is 2.26. The number of rotatable bonds is 5. The van der Waals surface area contributed by atoms with Crippen LogP contribution in [0.2, 0.25) is 5.02 Å². The molecule has 0 bridgehead atoms. The Bertz CT molecular complexity index is 664. The summed E-state index contributed by atoms with van der Waals surface area (Å²) in [5.41, 5.74) is 6.51. The van der Waals surface area contributed by atoms with Crippen LogP contribution in [0.5, 0.6) is 0 Å². The molecule has 0 saturated carbocycles. The molecule has 1 amide bonds. The molecule has 1 aromatic carbocycles. The van der Waals surface area contributed by atoms with Gasteiger partial charge in [-0.05, 0) is 50.3 Å². The molecule has 0 unspecified atom stereocenters. The number of hydrogen-bond acceptors (Lipinski definition) is 3. The summed E-state index contributed by atoms with van der Waals surface area (Å²) in [7, 11) is 0. The van der Waals surface area contributed by atoms with Gasteiger partial charge in [-0.25, -0.2) is 5.43 Å². The van der Waals surface area contributed by atoms with E-state index in [-0.39, 0.29) is 12.5 Å².